The molecule has 0 bridgehead atoms. The molecule has 0 amide bonds. The van der Waals surface area contributed by atoms with Crippen molar-refractivity contribution in [1.82, 2.24) is 10.3 Å². The first-order chi connectivity index (χ1) is 6.36. The van der Waals surface area contributed by atoms with E-state index in [2.05, 4.69) is 10.3 Å². The Morgan fingerprint density at radius 2 is 2.54 bits per heavy atom. The van der Waals surface area contributed by atoms with Crippen LogP contribution in [0.3, 0.4) is 0 Å². The van der Waals surface area contributed by atoms with Crippen molar-refractivity contribution in [3.63, 3.8) is 0 Å². The fourth-order valence-corrected chi connectivity index (χ4v) is 1.86. The topological polar surface area (TPSA) is 38.1 Å². The average Bonchev–Trinajstić information content (AvgIpc) is 2.54. The highest BCUT2D eigenvalue weighted by atomic mass is 16.3. The van der Waals surface area contributed by atoms with Crippen molar-refractivity contribution in [2.75, 3.05) is 6.54 Å². The Balaban J connectivity index is 1.93. The lowest BCUT2D eigenvalue weighted by Gasteiger charge is -2.22. The van der Waals surface area contributed by atoms with Crippen molar-refractivity contribution in [2.45, 2.75) is 38.6 Å². The molecule has 1 aromatic heterocycles. The molecule has 1 fully saturated rings. The third kappa shape index (κ3) is 2.10. The second-order valence-corrected chi connectivity index (χ2v) is 3.71. The van der Waals surface area contributed by atoms with Crippen LogP contribution < -0.4 is 5.32 Å². The van der Waals surface area contributed by atoms with Crippen LogP contribution in [0.25, 0.3) is 0 Å². The SMILES string of the molecule is Cc1ocnc1CC1CCCCN1. The molecule has 1 atom stereocenters. The summed E-state index contributed by atoms with van der Waals surface area (Å²) < 4.78 is 5.17. The van der Waals surface area contributed by atoms with Gasteiger partial charge in [0, 0.05) is 12.5 Å². The molecule has 1 saturated heterocycles. The molecule has 0 spiro atoms. The Kier molecular flexibility index (Phi) is 2.64. The van der Waals surface area contributed by atoms with Gasteiger partial charge in [0.1, 0.15) is 5.76 Å². The van der Waals surface area contributed by atoms with Gasteiger partial charge < -0.3 is 9.73 Å². The standard InChI is InChI=1S/C10H16N2O/c1-8-10(12-7-13-8)6-9-4-2-3-5-11-9/h7,9,11H,2-6H2,1H3. The van der Waals surface area contributed by atoms with E-state index in [-0.39, 0.29) is 0 Å². The third-order valence-corrected chi connectivity index (χ3v) is 2.70. The van der Waals surface area contributed by atoms with Gasteiger partial charge >= 0.3 is 0 Å². The maximum absolute atomic E-state index is 5.17. The summed E-state index contributed by atoms with van der Waals surface area (Å²) in [6.45, 7) is 3.13. The zero-order valence-electron chi connectivity index (χ0n) is 8.05. The predicted molar refractivity (Wildman–Crippen MR) is 50.6 cm³/mol. The molecule has 1 unspecified atom stereocenters. The molecule has 3 nitrogen and oxygen atoms in total. The minimum Gasteiger partial charge on any atom is -0.449 e. The molecule has 2 heterocycles. The monoisotopic (exact) mass is 180 g/mol. The fraction of sp³-hybridized carbons (Fsp3) is 0.700. The number of nitrogens with one attached hydrogen (secondary N) is 1. The Bertz CT molecular complexity index is 264. The third-order valence-electron chi connectivity index (χ3n) is 2.70. The van der Waals surface area contributed by atoms with Gasteiger partial charge in [-0.3, -0.25) is 0 Å². The Morgan fingerprint density at radius 3 is 3.15 bits per heavy atom. The number of hydrogen-bond acceptors (Lipinski definition) is 3. The molecule has 2 rings (SSSR count). The summed E-state index contributed by atoms with van der Waals surface area (Å²) in [4.78, 5) is 4.20. The van der Waals surface area contributed by atoms with Crippen molar-refractivity contribution in [3.05, 3.63) is 17.8 Å². The van der Waals surface area contributed by atoms with Gasteiger partial charge in [-0.2, -0.15) is 0 Å². The zero-order chi connectivity index (χ0) is 9.10. The van der Waals surface area contributed by atoms with E-state index >= 15 is 0 Å². The van der Waals surface area contributed by atoms with Gasteiger partial charge in [0.2, 0.25) is 0 Å². The highest BCUT2D eigenvalue weighted by Crippen LogP contribution is 2.13. The lowest BCUT2D eigenvalue weighted by Crippen LogP contribution is -2.35. The molecule has 13 heavy (non-hydrogen) atoms. The molecule has 1 aliphatic rings. The Morgan fingerprint density at radius 1 is 1.62 bits per heavy atom. The average molecular weight is 180 g/mol. The van der Waals surface area contributed by atoms with Crippen LogP contribution in [-0.4, -0.2) is 17.6 Å². The fourth-order valence-electron chi connectivity index (χ4n) is 1.86. The van der Waals surface area contributed by atoms with Gasteiger partial charge in [0.25, 0.3) is 0 Å². The Hall–Kier alpha value is -0.830. The van der Waals surface area contributed by atoms with Crippen molar-refractivity contribution in [1.29, 1.82) is 0 Å². The number of hydrogen-bond donors (Lipinski definition) is 1. The van der Waals surface area contributed by atoms with Gasteiger partial charge in [-0.15, -0.1) is 0 Å². The summed E-state index contributed by atoms with van der Waals surface area (Å²) in [6, 6.07) is 0.609. The van der Waals surface area contributed by atoms with E-state index in [4.69, 9.17) is 4.42 Å². The molecule has 1 aromatic rings. The number of rotatable bonds is 2. The minimum absolute atomic E-state index is 0.609. The van der Waals surface area contributed by atoms with Crippen molar-refractivity contribution < 1.29 is 4.42 Å². The number of piperidine rings is 1. The second-order valence-electron chi connectivity index (χ2n) is 3.71. The van der Waals surface area contributed by atoms with E-state index < -0.39 is 0 Å². The number of oxazole rings is 1. The van der Waals surface area contributed by atoms with Gasteiger partial charge in [-0.25, -0.2) is 4.98 Å². The van der Waals surface area contributed by atoms with E-state index in [1.54, 1.807) is 0 Å². The molecular formula is C10H16N2O. The van der Waals surface area contributed by atoms with E-state index in [0.717, 1.165) is 24.4 Å². The minimum atomic E-state index is 0.609. The summed E-state index contributed by atoms with van der Waals surface area (Å²) in [5.74, 6) is 0.965. The molecule has 0 aromatic carbocycles. The summed E-state index contributed by atoms with van der Waals surface area (Å²) in [7, 11) is 0. The molecule has 0 aliphatic carbocycles. The molecular weight excluding hydrogens is 164 g/mol. The first-order valence-electron chi connectivity index (χ1n) is 4.98. The maximum atomic E-state index is 5.17. The van der Waals surface area contributed by atoms with Crippen molar-refractivity contribution in [3.8, 4) is 0 Å². The predicted octanol–water partition coefficient (Wildman–Crippen LogP) is 1.67. The van der Waals surface area contributed by atoms with Crippen LogP contribution in [0.2, 0.25) is 0 Å². The van der Waals surface area contributed by atoms with Crippen LogP contribution in [-0.2, 0) is 6.42 Å². The van der Waals surface area contributed by atoms with Crippen molar-refractivity contribution in [2.24, 2.45) is 0 Å². The largest absolute Gasteiger partial charge is 0.449 e. The highest BCUT2D eigenvalue weighted by molar-refractivity contribution is 5.06. The first kappa shape index (κ1) is 8.75. The van der Waals surface area contributed by atoms with Gasteiger partial charge in [0.15, 0.2) is 6.39 Å². The molecule has 0 saturated carbocycles. The lowest BCUT2D eigenvalue weighted by atomic mass is 10.0. The molecule has 0 radical (unpaired) electrons. The van der Waals surface area contributed by atoms with Gasteiger partial charge in [0.05, 0.1) is 5.69 Å². The van der Waals surface area contributed by atoms with Crippen LogP contribution in [0, 0.1) is 6.92 Å². The van der Waals surface area contributed by atoms with Crippen LogP contribution in [0.15, 0.2) is 10.8 Å². The molecule has 72 valence electrons. The number of nitrogens with zero attached hydrogens (tertiary/aromatic N) is 1. The van der Waals surface area contributed by atoms with Gasteiger partial charge in [-0.05, 0) is 26.3 Å². The quantitative estimate of drug-likeness (QED) is 0.752. The van der Waals surface area contributed by atoms with E-state index in [9.17, 15) is 0 Å². The van der Waals surface area contributed by atoms with Crippen molar-refractivity contribution >= 4 is 0 Å². The van der Waals surface area contributed by atoms with Crippen LogP contribution in [0.1, 0.15) is 30.7 Å². The molecule has 3 heteroatoms. The lowest BCUT2D eigenvalue weighted by molar-refractivity contribution is 0.395. The van der Waals surface area contributed by atoms with E-state index in [1.807, 2.05) is 6.92 Å². The van der Waals surface area contributed by atoms with Crippen LogP contribution in [0.5, 0.6) is 0 Å². The Labute approximate surface area is 78.5 Å². The summed E-state index contributed by atoms with van der Waals surface area (Å²) in [5, 5.41) is 3.50. The molecule has 1 N–H and O–H groups in total. The summed E-state index contributed by atoms with van der Waals surface area (Å²) in [5.41, 5.74) is 1.11. The molecule has 1 aliphatic heterocycles. The highest BCUT2D eigenvalue weighted by Gasteiger charge is 2.15. The van der Waals surface area contributed by atoms with Crippen LogP contribution >= 0.6 is 0 Å². The maximum Gasteiger partial charge on any atom is 0.181 e. The van der Waals surface area contributed by atoms with Crippen LogP contribution in [0.4, 0.5) is 0 Å². The number of aromatic nitrogens is 1. The normalized spacial score (nSPS) is 23.3. The van der Waals surface area contributed by atoms with Gasteiger partial charge in [-0.1, -0.05) is 6.42 Å². The number of aryl methyl sites for hydroxylation is 1. The second kappa shape index (κ2) is 3.92. The smallest absolute Gasteiger partial charge is 0.181 e. The van der Waals surface area contributed by atoms with E-state index in [1.165, 1.54) is 25.7 Å². The summed E-state index contributed by atoms with van der Waals surface area (Å²) in [6.07, 6.45) is 6.48. The first-order valence-corrected chi connectivity index (χ1v) is 4.98. The summed E-state index contributed by atoms with van der Waals surface area (Å²) >= 11 is 0. The van der Waals surface area contributed by atoms with E-state index in [0.29, 0.717) is 6.04 Å². The zero-order valence-corrected chi connectivity index (χ0v) is 8.05.